The van der Waals surface area contributed by atoms with Crippen molar-refractivity contribution in [2.75, 3.05) is 24.8 Å². The van der Waals surface area contributed by atoms with Crippen LogP contribution < -0.4 is 5.32 Å². The number of amides is 1. The summed E-state index contributed by atoms with van der Waals surface area (Å²) in [5, 5.41) is 11.6. The monoisotopic (exact) mass is 320 g/mol. The van der Waals surface area contributed by atoms with E-state index >= 15 is 0 Å². The second-order valence-corrected chi connectivity index (χ2v) is 5.75. The van der Waals surface area contributed by atoms with E-state index in [0.29, 0.717) is 12.4 Å². The zero-order valence-electron chi connectivity index (χ0n) is 12.8. The number of nitrogens with one attached hydrogen (secondary N) is 1. The van der Waals surface area contributed by atoms with Crippen molar-refractivity contribution < 1.29 is 9.53 Å². The van der Waals surface area contributed by atoms with Crippen molar-refractivity contribution in [3.8, 4) is 0 Å². The van der Waals surface area contributed by atoms with Crippen LogP contribution in [0.15, 0.2) is 35.7 Å². The predicted molar refractivity (Wildman–Crippen MR) is 87.0 cm³/mol. The van der Waals surface area contributed by atoms with Crippen LogP contribution in [0.1, 0.15) is 12.0 Å². The Morgan fingerprint density at radius 2 is 2.23 bits per heavy atom. The molecule has 7 heteroatoms. The number of benzene rings is 1. The third-order valence-corrected chi connectivity index (χ3v) is 4.06. The number of hydrogen-bond donors (Lipinski definition) is 1. The lowest BCUT2D eigenvalue weighted by atomic mass is 10.2. The Labute approximate surface area is 134 Å². The van der Waals surface area contributed by atoms with Crippen molar-refractivity contribution in [3.63, 3.8) is 0 Å². The Morgan fingerprint density at radius 1 is 1.41 bits per heavy atom. The van der Waals surface area contributed by atoms with Crippen molar-refractivity contribution in [2.24, 2.45) is 0 Å². The number of nitrogens with zero attached hydrogens (tertiary/aromatic N) is 3. The first-order chi connectivity index (χ1) is 10.7. The first-order valence-corrected chi connectivity index (χ1v) is 8.04. The lowest BCUT2D eigenvalue weighted by Crippen LogP contribution is -2.15. The summed E-state index contributed by atoms with van der Waals surface area (Å²) in [5.41, 5.74) is 1.89. The van der Waals surface area contributed by atoms with Gasteiger partial charge < -0.3 is 14.6 Å². The third kappa shape index (κ3) is 4.85. The topological polar surface area (TPSA) is 69.0 Å². The normalized spacial score (nSPS) is 10.6. The first kappa shape index (κ1) is 16.5. The summed E-state index contributed by atoms with van der Waals surface area (Å²) in [7, 11) is 1.68. The summed E-state index contributed by atoms with van der Waals surface area (Å²) in [6.45, 7) is 3.44. The molecule has 1 amide bonds. The molecule has 6 nitrogen and oxygen atoms in total. The maximum atomic E-state index is 12.0. The van der Waals surface area contributed by atoms with Gasteiger partial charge in [-0.15, -0.1) is 10.2 Å². The minimum absolute atomic E-state index is 0.0502. The molecule has 0 radical (unpaired) electrons. The van der Waals surface area contributed by atoms with Crippen LogP contribution in [0, 0.1) is 6.92 Å². The van der Waals surface area contributed by atoms with E-state index in [1.165, 1.54) is 11.8 Å². The fourth-order valence-corrected chi connectivity index (χ4v) is 2.66. The van der Waals surface area contributed by atoms with Gasteiger partial charge in [0.25, 0.3) is 0 Å². The van der Waals surface area contributed by atoms with Gasteiger partial charge in [-0.1, -0.05) is 30.0 Å². The second kappa shape index (κ2) is 8.55. The summed E-state index contributed by atoms with van der Waals surface area (Å²) in [5.74, 6) is 0.253. The quantitative estimate of drug-likeness (QED) is 0.597. The van der Waals surface area contributed by atoms with Gasteiger partial charge in [-0.25, -0.2) is 0 Å². The molecule has 0 unspecified atom stereocenters. The second-order valence-electron chi connectivity index (χ2n) is 4.81. The summed E-state index contributed by atoms with van der Waals surface area (Å²) < 4.78 is 6.97. The van der Waals surface area contributed by atoms with Crippen LogP contribution in [0.2, 0.25) is 0 Å². The molecule has 0 saturated carbocycles. The van der Waals surface area contributed by atoms with E-state index in [1.54, 1.807) is 13.4 Å². The number of hydrogen-bond acceptors (Lipinski definition) is 5. The summed E-state index contributed by atoms with van der Waals surface area (Å²) in [4.78, 5) is 12.0. The molecule has 2 aromatic rings. The van der Waals surface area contributed by atoms with Crippen LogP contribution in [-0.2, 0) is 16.1 Å². The van der Waals surface area contributed by atoms with Crippen molar-refractivity contribution in [1.82, 2.24) is 14.8 Å². The molecule has 0 aliphatic heterocycles. The van der Waals surface area contributed by atoms with Crippen LogP contribution in [0.4, 0.5) is 5.69 Å². The number of rotatable bonds is 8. The van der Waals surface area contributed by atoms with Crippen LogP contribution in [0.25, 0.3) is 0 Å². The van der Waals surface area contributed by atoms with Gasteiger partial charge in [0, 0.05) is 25.9 Å². The molecule has 2 rings (SSSR count). The molecule has 0 aliphatic rings. The van der Waals surface area contributed by atoms with Crippen LogP contribution in [0.3, 0.4) is 0 Å². The molecule has 0 aliphatic carbocycles. The van der Waals surface area contributed by atoms with Crippen LogP contribution in [0.5, 0.6) is 0 Å². The number of aryl methyl sites for hydroxylation is 2. The smallest absolute Gasteiger partial charge is 0.234 e. The van der Waals surface area contributed by atoms with Gasteiger partial charge >= 0.3 is 0 Å². The Hall–Kier alpha value is -1.86. The molecule has 22 heavy (non-hydrogen) atoms. The maximum Gasteiger partial charge on any atom is 0.234 e. The molecule has 0 fully saturated rings. The molecule has 0 spiro atoms. The highest BCUT2D eigenvalue weighted by atomic mass is 32.2. The van der Waals surface area contributed by atoms with Crippen LogP contribution >= 0.6 is 11.8 Å². The average molecular weight is 320 g/mol. The summed E-state index contributed by atoms with van der Waals surface area (Å²) >= 11 is 1.38. The van der Waals surface area contributed by atoms with E-state index in [4.69, 9.17) is 4.74 Å². The maximum absolute atomic E-state index is 12.0. The minimum atomic E-state index is -0.0502. The number of methoxy groups -OCH3 is 1. The van der Waals surface area contributed by atoms with Crippen molar-refractivity contribution in [3.05, 3.63) is 36.2 Å². The summed E-state index contributed by atoms with van der Waals surface area (Å²) in [6, 6.07) is 7.71. The Bertz CT molecular complexity index is 615. The molecule has 1 heterocycles. The van der Waals surface area contributed by atoms with E-state index in [1.807, 2.05) is 35.8 Å². The minimum Gasteiger partial charge on any atom is -0.385 e. The molecular weight excluding hydrogens is 300 g/mol. The van der Waals surface area contributed by atoms with Crippen molar-refractivity contribution >= 4 is 23.4 Å². The SMILES string of the molecule is COCCCn1cnnc1SCC(=O)Nc1ccccc1C. The molecule has 1 N–H and O–H groups in total. The fraction of sp³-hybridized carbons (Fsp3) is 0.400. The van der Waals surface area contributed by atoms with E-state index < -0.39 is 0 Å². The van der Waals surface area contributed by atoms with Gasteiger partial charge in [0.05, 0.1) is 5.75 Å². The van der Waals surface area contributed by atoms with Gasteiger partial charge in [-0.2, -0.15) is 0 Å². The Balaban J connectivity index is 1.84. The molecule has 0 atom stereocenters. The van der Waals surface area contributed by atoms with Crippen LogP contribution in [-0.4, -0.2) is 40.1 Å². The standard InChI is InChI=1S/C15H20N4O2S/c1-12-6-3-4-7-13(12)17-14(20)10-22-15-18-16-11-19(15)8-5-9-21-2/h3-4,6-7,11H,5,8-10H2,1-2H3,(H,17,20). The molecule has 118 valence electrons. The molecule has 1 aromatic carbocycles. The first-order valence-electron chi connectivity index (χ1n) is 7.05. The Morgan fingerprint density at radius 3 is 3.00 bits per heavy atom. The van der Waals surface area contributed by atoms with E-state index in [0.717, 1.165) is 29.4 Å². The number of anilines is 1. The third-order valence-electron chi connectivity index (χ3n) is 3.08. The highest BCUT2D eigenvalue weighted by Gasteiger charge is 2.09. The van der Waals surface area contributed by atoms with Gasteiger partial charge in [0.1, 0.15) is 6.33 Å². The molecule has 0 bridgehead atoms. The number of carbonyl (C=O) groups is 1. The highest BCUT2D eigenvalue weighted by Crippen LogP contribution is 2.17. The van der Waals surface area contributed by atoms with Crippen molar-refractivity contribution in [2.45, 2.75) is 25.0 Å². The lowest BCUT2D eigenvalue weighted by molar-refractivity contribution is -0.113. The zero-order chi connectivity index (χ0) is 15.8. The number of thioether (sulfide) groups is 1. The fourth-order valence-electron chi connectivity index (χ4n) is 1.92. The van der Waals surface area contributed by atoms with E-state index in [9.17, 15) is 4.79 Å². The van der Waals surface area contributed by atoms with Gasteiger partial charge in [-0.3, -0.25) is 4.79 Å². The number of carbonyl (C=O) groups excluding carboxylic acids is 1. The number of aromatic nitrogens is 3. The highest BCUT2D eigenvalue weighted by molar-refractivity contribution is 7.99. The van der Waals surface area contributed by atoms with Gasteiger partial charge in [-0.05, 0) is 25.0 Å². The number of ether oxygens (including phenoxy) is 1. The Kier molecular flexibility index (Phi) is 6.42. The number of para-hydroxylation sites is 1. The summed E-state index contributed by atoms with van der Waals surface area (Å²) in [6.07, 6.45) is 2.56. The van der Waals surface area contributed by atoms with E-state index in [-0.39, 0.29) is 5.91 Å². The zero-order valence-corrected chi connectivity index (χ0v) is 13.6. The lowest BCUT2D eigenvalue weighted by Gasteiger charge is -2.08. The largest absolute Gasteiger partial charge is 0.385 e. The van der Waals surface area contributed by atoms with Gasteiger partial charge in [0.2, 0.25) is 5.91 Å². The molecule has 0 saturated heterocycles. The average Bonchev–Trinajstić information content (AvgIpc) is 2.95. The molecular formula is C15H20N4O2S. The van der Waals surface area contributed by atoms with Gasteiger partial charge in [0.15, 0.2) is 5.16 Å². The predicted octanol–water partition coefficient (Wildman–Crippen LogP) is 2.35. The molecule has 1 aromatic heterocycles. The van der Waals surface area contributed by atoms with Crippen molar-refractivity contribution in [1.29, 1.82) is 0 Å². The van der Waals surface area contributed by atoms with E-state index in [2.05, 4.69) is 15.5 Å².